The maximum absolute atomic E-state index is 12.7. The van der Waals surface area contributed by atoms with Gasteiger partial charge in [-0.15, -0.1) is 0 Å². The van der Waals surface area contributed by atoms with Crippen LogP contribution in [-0.4, -0.2) is 59.5 Å². The number of hydrogen-bond donors (Lipinski definition) is 2. The Hall–Kier alpha value is -2.28. The number of para-hydroxylation sites is 1. The zero-order valence-electron chi connectivity index (χ0n) is 16.9. The summed E-state index contributed by atoms with van der Waals surface area (Å²) in [4.78, 5) is 14.4. The number of halogens is 1. The van der Waals surface area contributed by atoms with Crippen molar-refractivity contribution in [2.75, 3.05) is 26.3 Å². The largest absolute Gasteiger partial charge is 0.491 e. The molecule has 6 nitrogen and oxygen atoms in total. The number of aryl methyl sites for hydroxylation is 1. The molecule has 1 aliphatic heterocycles. The molecule has 1 aliphatic rings. The highest BCUT2D eigenvalue weighted by Crippen LogP contribution is 2.21. The van der Waals surface area contributed by atoms with Gasteiger partial charge in [-0.3, -0.25) is 4.79 Å². The Morgan fingerprint density at radius 2 is 1.83 bits per heavy atom. The molecule has 2 aromatic rings. The fraction of sp³-hybridized carbons (Fsp3) is 0.435. The van der Waals surface area contributed by atoms with Crippen molar-refractivity contribution in [2.24, 2.45) is 0 Å². The van der Waals surface area contributed by atoms with Gasteiger partial charge in [-0.2, -0.15) is 0 Å². The van der Waals surface area contributed by atoms with Gasteiger partial charge in [0.15, 0.2) is 6.61 Å². The van der Waals surface area contributed by atoms with E-state index in [4.69, 9.17) is 21.1 Å². The van der Waals surface area contributed by atoms with Gasteiger partial charge in [-0.05, 0) is 61.6 Å². The summed E-state index contributed by atoms with van der Waals surface area (Å²) < 4.78 is 11.3. The first-order valence-electron chi connectivity index (χ1n) is 10.3. The molecular weight excluding hydrogens is 406 g/mol. The first-order valence-corrected chi connectivity index (χ1v) is 10.6. The predicted molar refractivity (Wildman–Crippen MR) is 115 cm³/mol. The summed E-state index contributed by atoms with van der Waals surface area (Å²) in [5.74, 6) is 1.15. The summed E-state index contributed by atoms with van der Waals surface area (Å²) in [5, 5.41) is 21.1. The number of ether oxygens (including phenoxy) is 2. The summed E-state index contributed by atoms with van der Waals surface area (Å²) in [6, 6.07) is 14.6. The topological polar surface area (TPSA) is 79.2 Å². The van der Waals surface area contributed by atoms with Crippen LogP contribution in [0.15, 0.2) is 48.5 Å². The van der Waals surface area contributed by atoms with E-state index in [1.165, 1.54) is 0 Å². The third-order valence-electron chi connectivity index (χ3n) is 5.17. The summed E-state index contributed by atoms with van der Waals surface area (Å²) in [6.07, 6.45) is 0.788. The number of hydrogen-bond acceptors (Lipinski definition) is 5. The number of carbonyl (C=O) groups excluding carboxylic acids is 1. The van der Waals surface area contributed by atoms with Crippen LogP contribution in [-0.2, 0) is 11.2 Å². The molecule has 0 aromatic heterocycles. The molecule has 0 radical (unpaired) electrons. The molecule has 3 rings (SSSR count). The van der Waals surface area contributed by atoms with Gasteiger partial charge in [0, 0.05) is 18.1 Å². The molecule has 1 amide bonds. The lowest BCUT2D eigenvalue weighted by Gasteiger charge is -2.25. The lowest BCUT2D eigenvalue weighted by Crippen LogP contribution is -2.40. The van der Waals surface area contributed by atoms with E-state index in [-0.39, 0.29) is 25.5 Å². The zero-order valence-corrected chi connectivity index (χ0v) is 17.6. The van der Waals surface area contributed by atoms with Crippen LogP contribution in [0, 0.1) is 0 Å². The van der Waals surface area contributed by atoms with E-state index in [1.807, 2.05) is 24.3 Å². The lowest BCUT2D eigenvalue weighted by atomic mass is 10.1. The maximum Gasteiger partial charge on any atom is 0.260 e. The van der Waals surface area contributed by atoms with E-state index in [0.717, 1.165) is 30.6 Å². The normalized spacial score (nSPS) is 20.7. The van der Waals surface area contributed by atoms with E-state index in [0.29, 0.717) is 23.9 Å². The number of aliphatic hydroxyl groups is 2. The van der Waals surface area contributed by atoms with E-state index < -0.39 is 12.2 Å². The van der Waals surface area contributed by atoms with E-state index in [1.54, 1.807) is 29.2 Å². The van der Waals surface area contributed by atoms with Crippen molar-refractivity contribution >= 4 is 17.5 Å². The Morgan fingerprint density at radius 1 is 1.07 bits per heavy atom. The Kier molecular flexibility index (Phi) is 8.37. The molecular formula is C23H28ClNO5. The molecule has 2 atom stereocenters. The first-order chi connectivity index (χ1) is 14.5. The average molecular weight is 434 g/mol. The van der Waals surface area contributed by atoms with Crippen molar-refractivity contribution in [3.05, 3.63) is 59.1 Å². The highest BCUT2D eigenvalue weighted by molar-refractivity contribution is 6.30. The van der Waals surface area contributed by atoms with Crippen LogP contribution >= 0.6 is 11.6 Å². The van der Waals surface area contributed by atoms with Crippen LogP contribution in [0.5, 0.6) is 11.5 Å². The molecule has 0 saturated carbocycles. The number of nitrogens with zero attached hydrogens (tertiary/aromatic N) is 1. The lowest BCUT2D eigenvalue weighted by molar-refractivity contribution is -0.134. The van der Waals surface area contributed by atoms with Crippen molar-refractivity contribution < 1.29 is 24.5 Å². The summed E-state index contributed by atoms with van der Waals surface area (Å²) >= 11 is 5.87. The van der Waals surface area contributed by atoms with Crippen LogP contribution in [0.4, 0.5) is 0 Å². The monoisotopic (exact) mass is 433 g/mol. The van der Waals surface area contributed by atoms with Gasteiger partial charge < -0.3 is 24.6 Å². The minimum Gasteiger partial charge on any atom is -0.491 e. The van der Waals surface area contributed by atoms with Gasteiger partial charge in [-0.1, -0.05) is 29.8 Å². The smallest absolute Gasteiger partial charge is 0.260 e. The number of rotatable bonds is 3. The highest BCUT2D eigenvalue weighted by Gasteiger charge is 2.22. The van der Waals surface area contributed by atoms with Crippen molar-refractivity contribution in [2.45, 2.75) is 37.9 Å². The number of amides is 1. The van der Waals surface area contributed by atoms with Crippen LogP contribution in [0.25, 0.3) is 0 Å². The van der Waals surface area contributed by atoms with Gasteiger partial charge in [0.25, 0.3) is 5.91 Å². The van der Waals surface area contributed by atoms with Crippen molar-refractivity contribution in [3.63, 3.8) is 0 Å². The van der Waals surface area contributed by atoms with Gasteiger partial charge in [0.05, 0.1) is 6.10 Å². The molecule has 0 spiro atoms. The molecule has 2 aromatic carbocycles. The van der Waals surface area contributed by atoms with Gasteiger partial charge in [0.2, 0.25) is 0 Å². The Balaban J connectivity index is 1.62. The molecule has 7 heteroatoms. The van der Waals surface area contributed by atoms with E-state index >= 15 is 0 Å². The zero-order chi connectivity index (χ0) is 21.3. The number of fused-ring (bicyclic) bond motifs is 1. The SMILES string of the molecule is O=C(COc1ccc(Cl)cc1)N1CCCCc2ccccc2OC[C@@H](O)[C@@H](O)CC1. The first kappa shape index (κ1) is 22.4. The number of benzene rings is 2. The fourth-order valence-corrected chi connectivity index (χ4v) is 3.49. The van der Waals surface area contributed by atoms with Crippen LogP contribution in [0.3, 0.4) is 0 Å². The molecule has 2 N–H and O–H groups in total. The summed E-state index contributed by atoms with van der Waals surface area (Å²) in [7, 11) is 0. The third kappa shape index (κ3) is 6.62. The van der Waals surface area contributed by atoms with Gasteiger partial charge in [0.1, 0.15) is 24.2 Å². The van der Waals surface area contributed by atoms with E-state index in [2.05, 4.69) is 0 Å². The minimum absolute atomic E-state index is 0.00576. The second kappa shape index (κ2) is 11.2. The Morgan fingerprint density at radius 3 is 2.63 bits per heavy atom. The molecule has 30 heavy (non-hydrogen) atoms. The Bertz CT molecular complexity index is 813. The molecule has 0 aliphatic carbocycles. The predicted octanol–water partition coefficient (Wildman–Crippen LogP) is 3.07. The molecule has 1 heterocycles. The number of aliphatic hydroxyl groups excluding tert-OH is 2. The van der Waals surface area contributed by atoms with Crippen LogP contribution < -0.4 is 9.47 Å². The summed E-state index contributed by atoms with van der Waals surface area (Å²) in [5.41, 5.74) is 1.06. The number of carbonyl (C=O) groups is 1. The molecule has 0 fully saturated rings. The van der Waals surface area contributed by atoms with Crippen LogP contribution in [0.1, 0.15) is 24.8 Å². The molecule has 0 saturated heterocycles. The quantitative estimate of drug-likeness (QED) is 0.777. The average Bonchev–Trinajstić information content (AvgIpc) is 2.77. The van der Waals surface area contributed by atoms with Gasteiger partial charge in [-0.25, -0.2) is 0 Å². The van der Waals surface area contributed by atoms with Crippen LogP contribution in [0.2, 0.25) is 5.02 Å². The molecule has 0 unspecified atom stereocenters. The second-order valence-electron chi connectivity index (χ2n) is 7.42. The second-order valence-corrected chi connectivity index (χ2v) is 7.86. The van der Waals surface area contributed by atoms with Crippen molar-refractivity contribution in [3.8, 4) is 11.5 Å². The van der Waals surface area contributed by atoms with Gasteiger partial charge >= 0.3 is 0 Å². The standard InChI is InChI=1S/C23H28ClNO5/c24-18-8-10-19(11-9-18)29-16-23(28)25-13-4-3-6-17-5-1-2-7-22(17)30-15-21(27)20(26)12-14-25/h1-2,5,7-11,20-21,26-27H,3-4,6,12-16H2/t20-,21+/m0/s1. The van der Waals surface area contributed by atoms with E-state index in [9.17, 15) is 15.0 Å². The molecule has 162 valence electrons. The summed E-state index contributed by atoms with van der Waals surface area (Å²) in [6.45, 7) is 0.820. The minimum atomic E-state index is -1.03. The maximum atomic E-state index is 12.7. The fourth-order valence-electron chi connectivity index (χ4n) is 3.36. The van der Waals surface area contributed by atoms with Crippen molar-refractivity contribution in [1.82, 2.24) is 4.90 Å². The third-order valence-corrected chi connectivity index (χ3v) is 5.43. The Labute approximate surface area is 182 Å². The van der Waals surface area contributed by atoms with Crippen molar-refractivity contribution in [1.29, 1.82) is 0 Å². The highest BCUT2D eigenvalue weighted by atomic mass is 35.5. The molecule has 0 bridgehead atoms.